The van der Waals surface area contributed by atoms with E-state index < -0.39 is 12.6 Å². The minimum atomic E-state index is -3.96. The van der Waals surface area contributed by atoms with Gasteiger partial charge in [0.15, 0.2) is 0 Å². The van der Waals surface area contributed by atoms with E-state index >= 15 is 0 Å². The molecular weight excluding hydrogens is 155 g/mol. The fourth-order valence-corrected chi connectivity index (χ4v) is 1.14. The first-order chi connectivity index (χ1) is 5.08. The van der Waals surface area contributed by atoms with Crippen molar-refractivity contribution in [3.05, 3.63) is 0 Å². The van der Waals surface area contributed by atoms with E-state index in [0.29, 0.717) is 12.3 Å². The summed E-state index contributed by atoms with van der Waals surface area (Å²) in [7, 11) is 0. The molecule has 1 fully saturated rings. The highest BCUT2D eigenvalue weighted by atomic mass is 19.4. The van der Waals surface area contributed by atoms with Gasteiger partial charge in [0.1, 0.15) is 0 Å². The molecule has 1 nitrogen and oxygen atoms in total. The Morgan fingerprint density at radius 2 is 1.91 bits per heavy atom. The molecular formula is C7H12F3N. The molecule has 1 aliphatic heterocycles. The minimum Gasteiger partial charge on any atom is -0.316 e. The lowest BCUT2D eigenvalue weighted by molar-refractivity contribution is -0.136. The summed E-state index contributed by atoms with van der Waals surface area (Å²) in [5.41, 5.74) is 0. The molecule has 0 aromatic heterocycles. The average Bonchev–Trinajstić information content (AvgIpc) is 1.73. The maximum Gasteiger partial charge on any atom is 0.389 e. The van der Waals surface area contributed by atoms with Gasteiger partial charge in [-0.3, -0.25) is 0 Å². The second-order valence-electron chi connectivity index (χ2n) is 3.03. The first-order valence-electron chi connectivity index (χ1n) is 3.85. The summed E-state index contributed by atoms with van der Waals surface area (Å²) in [4.78, 5) is 0. The molecule has 0 aromatic carbocycles. The lowest BCUT2D eigenvalue weighted by atomic mass is 9.96. The van der Waals surface area contributed by atoms with Gasteiger partial charge < -0.3 is 5.32 Å². The first kappa shape index (κ1) is 8.84. The Morgan fingerprint density at radius 3 is 2.27 bits per heavy atom. The van der Waals surface area contributed by atoms with Crippen molar-refractivity contribution in [2.75, 3.05) is 13.1 Å². The van der Waals surface area contributed by atoms with Gasteiger partial charge in [0.05, 0.1) is 0 Å². The molecule has 0 atom stereocenters. The molecule has 0 aliphatic carbocycles. The van der Waals surface area contributed by atoms with Crippen LogP contribution in [0.2, 0.25) is 0 Å². The van der Waals surface area contributed by atoms with Crippen LogP contribution in [-0.2, 0) is 0 Å². The van der Waals surface area contributed by atoms with E-state index in [1.807, 2.05) is 0 Å². The number of hydrogen-bond donors (Lipinski definition) is 1. The van der Waals surface area contributed by atoms with Crippen LogP contribution in [0.5, 0.6) is 0 Å². The average molecular weight is 167 g/mol. The van der Waals surface area contributed by atoms with Crippen molar-refractivity contribution in [2.24, 2.45) is 5.92 Å². The van der Waals surface area contributed by atoms with Gasteiger partial charge in [-0.1, -0.05) is 0 Å². The largest absolute Gasteiger partial charge is 0.389 e. The van der Waals surface area contributed by atoms with Crippen molar-refractivity contribution in [3.8, 4) is 0 Å². The maximum absolute atomic E-state index is 11.6. The van der Waals surface area contributed by atoms with Crippen LogP contribution in [-0.4, -0.2) is 19.3 Å². The summed E-state index contributed by atoms with van der Waals surface area (Å²) >= 11 is 0. The second-order valence-corrected chi connectivity index (χ2v) is 3.03. The van der Waals surface area contributed by atoms with E-state index in [1.165, 1.54) is 0 Å². The normalized spacial score (nSPS) is 19.9. The van der Waals surface area contributed by atoms with Crippen molar-refractivity contribution in [3.63, 3.8) is 0 Å². The molecule has 0 spiro atoms. The molecule has 0 amide bonds. The van der Waals surface area contributed by atoms with Crippen LogP contribution in [0.3, 0.4) is 0 Å². The van der Waals surface area contributed by atoms with E-state index in [0.717, 1.165) is 13.1 Å². The third-order valence-corrected chi connectivity index (χ3v) is 1.94. The van der Waals surface area contributed by atoms with E-state index in [1.54, 1.807) is 0 Å². The van der Waals surface area contributed by atoms with Gasteiger partial charge in [0.25, 0.3) is 0 Å². The second kappa shape index (κ2) is 3.43. The summed E-state index contributed by atoms with van der Waals surface area (Å²) in [5.74, 6) is 0.498. The summed E-state index contributed by atoms with van der Waals surface area (Å²) in [6, 6.07) is 0. The standard InChI is InChI=1S/C7H12F3N/c8-7(9,10)3-1-2-6-4-11-5-6/h6,11H,1-5H2. The number of halogens is 3. The molecule has 4 heteroatoms. The van der Waals surface area contributed by atoms with Crippen LogP contribution < -0.4 is 5.32 Å². The summed E-state index contributed by atoms with van der Waals surface area (Å²) in [6.07, 6.45) is -3.58. The van der Waals surface area contributed by atoms with E-state index in [2.05, 4.69) is 5.32 Å². The highest BCUT2D eigenvalue weighted by Gasteiger charge is 2.27. The fourth-order valence-electron chi connectivity index (χ4n) is 1.14. The van der Waals surface area contributed by atoms with Crippen molar-refractivity contribution in [2.45, 2.75) is 25.4 Å². The topological polar surface area (TPSA) is 12.0 Å². The third kappa shape index (κ3) is 3.60. The van der Waals surface area contributed by atoms with Crippen molar-refractivity contribution in [1.82, 2.24) is 5.32 Å². The van der Waals surface area contributed by atoms with Gasteiger partial charge in [-0.05, 0) is 31.8 Å². The quantitative estimate of drug-likeness (QED) is 0.677. The Balaban J connectivity index is 1.95. The first-order valence-corrected chi connectivity index (χ1v) is 3.85. The zero-order valence-corrected chi connectivity index (χ0v) is 6.25. The fraction of sp³-hybridized carbons (Fsp3) is 1.00. The predicted molar refractivity (Wildman–Crippen MR) is 36.3 cm³/mol. The Labute approximate surface area is 64.0 Å². The molecule has 11 heavy (non-hydrogen) atoms. The number of nitrogens with one attached hydrogen (secondary N) is 1. The van der Waals surface area contributed by atoms with Crippen LogP contribution in [0.25, 0.3) is 0 Å². The van der Waals surface area contributed by atoms with Crippen LogP contribution in [0.4, 0.5) is 13.2 Å². The molecule has 1 aliphatic rings. The van der Waals surface area contributed by atoms with Crippen molar-refractivity contribution < 1.29 is 13.2 Å². The third-order valence-electron chi connectivity index (χ3n) is 1.94. The number of alkyl halides is 3. The van der Waals surface area contributed by atoms with Gasteiger partial charge in [-0.25, -0.2) is 0 Å². The molecule has 1 saturated heterocycles. The zero-order valence-electron chi connectivity index (χ0n) is 6.25. The maximum atomic E-state index is 11.6. The van der Waals surface area contributed by atoms with Crippen LogP contribution in [0.15, 0.2) is 0 Å². The lowest BCUT2D eigenvalue weighted by Gasteiger charge is -2.26. The molecule has 0 bridgehead atoms. The minimum absolute atomic E-state index is 0.288. The number of rotatable bonds is 3. The van der Waals surface area contributed by atoms with Crippen LogP contribution in [0.1, 0.15) is 19.3 Å². The molecule has 66 valence electrons. The van der Waals surface area contributed by atoms with Gasteiger partial charge in [-0.15, -0.1) is 0 Å². The van der Waals surface area contributed by atoms with E-state index in [9.17, 15) is 13.2 Å². The predicted octanol–water partition coefficient (Wildman–Crippen LogP) is 1.94. The van der Waals surface area contributed by atoms with Crippen molar-refractivity contribution in [1.29, 1.82) is 0 Å². The van der Waals surface area contributed by atoms with E-state index in [-0.39, 0.29) is 6.42 Å². The van der Waals surface area contributed by atoms with Gasteiger partial charge in [0.2, 0.25) is 0 Å². The number of hydrogen-bond acceptors (Lipinski definition) is 1. The van der Waals surface area contributed by atoms with Crippen molar-refractivity contribution >= 4 is 0 Å². The molecule has 0 radical (unpaired) electrons. The SMILES string of the molecule is FC(F)(F)CCCC1CNC1. The molecule has 0 unspecified atom stereocenters. The molecule has 1 heterocycles. The molecule has 0 aromatic rings. The summed E-state index contributed by atoms with van der Waals surface area (Å²) < 4.78 is 34.8. The summed E-state index contributed by atoms with van der Waals surface area (Å²) in [6.45, 7) is 1.80. The summed E-state index contributed by atoms with van der Waals surface area (Å²) in [5, 5.41) is 3.03. The van der Waals surface area contributed by atoms with Gasteiger partial charge >= 0.3 is 6.18 Å². The van der Waals surface area contributed by atoms with E-state index in [4.69, 9.17) is 0 Å². The van der Waals surface area contributed by atoms with Gasteiger partial charge in [-0.2, -0.15) is 13.2 Å². The highest BCUT2D eigenvalue weighted by Crippen LogP contribution is 2.24. The lowest BCUT2D eigenvalue weighted by Crippen LogP contribution is -2.41. The molecule has 0 saturated carbocycles. The van der Waals surface area contributed by atoms with Crippen LogP contribution >= 0.6 is 0 Å². The monoisotopic (exact) mass is 167 g/mol. The Morgan fingerprint density at radius 1 is 1.27 bits per heavy atom. The smallest absolute Gasteiger partial charge is 0.316 e. The Kier molecular flexibility index (Phi) is 2.76. The van der Waals surface area contributed by atoms with Crippen LogP contribution in [0, 0.1) is 5.92 Å². The zero-order chi connectivity index (χ0) is 8.32. The van der Waals surface area contributed by atoms with Gasteiger partial charge in [0, 0.05) is 6.42 Å². The Bertz CT molecular complexity index is 117. The Hall–Kier alpha value is -0.250. The highest BCUT2D eigenvalue weighted by molar-refractivity contribution is 4.74. The molecule has 1 rings (SSSR count). The molecule has 1 N–H and O–H groups in total.